The minimum Gasteiger partial charge on any atom is -0.366 e. The van der Waals surface area contributed by atoms with Crippen LogP contribution in [-0.2, 0) is 0 Å². The average molecular weight is 291 g/mol. The van der Waals surface area contributed by atoms with Crippen molar-refractivity contribution in [3.8, 4) is 6.07 Å². The van der Waals surface area contributed by atoms with Gasteiger partial charge in [-0.25, -0.2) is 0 Å². The van der Waals surface area contributed by atoms with Crippen LogP contribution in [0.3, 0.4) is 0 Å². The zero-order chi connectivity index (χ0) is 13.8. The number of para-hydroxylation sites is 1. The van der Waals surface area contributed by atoms with E-state index in [1.807, 2.05) is 31.2 Å². The lowest BCUT2D eigenvalue weighted by Crippen LogP contribution is -2.10. The topological polar surface area (TPSA) is 35.8 Å². The molecule has 0 amide bonds. The molecule has 0 saturated carbocycles. The maximum atomic E-state index is 9.33. The third-order valence-corrected chi connectivity index (χ3v) is 3.42. The van der Waals surface area contributed by atoms with E-state index in [1.54, 1.807) is 18.2 Å². The van der Waals surface area contributed by atoms with Gasteiger partial charge in [0.1, 0.15) is 6.04 Å². The van der Waals surface area contributed by atoms with Crippen molar-refractivity contribution in [2.24, 2.45) is 0 Å². The number of anilines is 1. The number of aryl methyl sites for hydroxylation is 1. The lowest BCUT2D eigenvalue weighted by Gasteiger charge is -2.16. The summed E-state index contributed by atoms with van der Waals surface area (Å²) in [7, 11) is 0. The van der Waals surface area contributed by atoms with Gasteiger partial charge in [0.15, 0.2) is 0 Å². The van der Waals surface area contributed by atoms with Crippen LogP contribution in [0, 0.1) is 18.3 Å². The Labute approximate surface area is 122 Å². The normalized spacial score (nSPS) is 11.7. The molecule has 1 atom stereocenters. The predicted octanol–water partition coefficient (Wildman–Crippen LogP) is 4.98. The van der Waals surface area contributed by atoms with Gasteiger partial charge < -0.3 is 5.32 Å². The summed E-state index contributed by atoms with van der Waals surface area (Å²) < 4.78 is 0. The molecule has 2 rings (SSSR count). The highest BCUT2D eigenvalue weighted by Crippen LogP contribution is 2.29. The van der Waals surface area contributed by atoms with Gasteiger partial charge in [0, 0.05) is 21.3 Å². The van der Waals surface area contributed by atoms with E-state index in [0.717, 1.165) is 11.3 Å². The van der Waals surface area contributed by atoms with Crippen molar-refractivity contribution < 1.29 is 0 Å². The molecule has 0 radical (unpaired) electrons. The Bertz CT molecular complexity index is 632. The molecule has 0 heterocycles. The fraction of sp³-hybridized carbons (Fsp3) is 0.133. The maximum Gasteiger partial charge on any atom is 0.141 e. The Kier molecular flexibility index (Phi) is 4.31. The summed E-state index contributed by atoms with van der Waals surface area (Å²) in [4.78, 5) is 0. The fourth-order valence-electron chi connectivity index (χ4n) is 1.81. The zero-order valence-electron chi connectivity index (χ0n) is 10.3. The highest BCUT2D eigenvalue weighted by Gasteiger charge is 2.15. The van der Waals surface area contributed by atoms with Crippen molar-refractivity contribution in [3.05, 3.63) is 63.6 Å². The van der Waals surface area contributed by atoms with Gasteiger partial charge in [-0.15, -0.1) is 0 Å². The number of hydrogen-bond acceptors (Lipinski definition) is 2. The molecule has 4 heteroatoms. The molecule has 0 bridgehead atoms. The minimum atomic E-state index is -0.535. The Hall–Kier alpha value is -1.69. The van der Waals surface area contributed by atoms with Crippen LogP contribution in [0.15, 0.2) is 42.5 Å². The number of benzene rings is 2. The van der Waals surface area contributed by atoms with Gasteiger partial charge >= 0.3 is 0 Å². The van der Waals surface area contributed by atoms with E-state index in [1.165, 1.54) is 0 Å². The third kappa shape index (κ3) is 3.20. The first-order valence-corrected chi connectivity index (χ1v) is 6.54. The van der Waals surface area contributed by atoms with Crippen molar-refractivity contribution >= 4 is 28.9 Å². The monoisotopic (exact) mass is 290 g/mol. The molecule has 2 aromatic carbocycles. The summed E-state index contributed by atoms with van der Waals surface area (Å²) >= 11 is 12.1. The second kappa shape index (κ2) is 5.97. The molecule has 2 aromatic rings. The van der Waals surface area contributed by atoms with Gasteiger partial charge in [-0.2, -0.15) is 5.26 Å². The van der Waals surface area contributed by atoms with Crippen molar-refractivity contribution in [2.75, 3.05) is 5.32 Å². The second-order valence-corrected chi connectivity index (χ2v) is 5.03. The summed E-state index contributed by atoms with van der Waals surface area (Å²) in [6.45, 7) is 1.98. The van der Waals surface area contributed by atoms with Crippen LogP contribution in [0.2, 0.25) is 10.0 Å². The van der Waals surface area contributed by atoms with Crippen molar-refractivity contribution in [2.45, 2.75) is 13.0 Å². The van der Waals surface area contributed by atoms with Crippen LogP contribution in [-0.4, -0.2) is 0 Å². The zero-order valence-corrected chi connectivity index (χ0v) is 11.8. The number of rotatable bonds is 3. The molecule has 19 heavy (non-hydrogen) atoms. The molecule has 0 aromatic heterocycles. The third-order valence-electron chi connectivity index (χ3n) is 2.84. The molecule has 2 nitrogen and oxygen atoms in total. The largest absolute Gasteiger partial charge is 0.366 e. The van der Waals surface area contributed by atoms with Gasteiger partial charge in [0.05, 0.1) is 6.07 Å². The number of nitrogens with zero attached hydrogens (tertiary/aromatic N) is 1. The number of nitrogens with one attached hydrogen (secondary N) is 1. The fourth-order valence-corrected chi connectivity index (χ4v) is 2.21. The van der Waals surface area contributed by atoms with Crippen LogP contribution in [0.4, 0.5) is 5.69 Å². The van der Waals surface area contributed by atoms with E-state index in [4.69, 9.17) is 23.2 Å². The smallest absolute Gasteiger partial charge is 0.141 e. The molecule has 0 spiro atoms. The van der Waals surface area contributed by atoms with E-state index in [-0.39, 0.29) is 0 Å². The number of nitriles is 1. The highest BCUT2D eigenvalue weighted by atomic mass is 35.5. The van der Waals surface area contributed by atoms with E-state index >= 15 is 0 Å². The van der Waals surface area contributed by atoms with E-state index in [9.17, 15) is 5.26 Å². The molecule has 0 aliphatic carbocycles. The summed E-state index contributed by atoms with van der Waals surface area (Å²) in [6.07, 6.45) is 0. The van der Waals surface area contributed by atoms with E-state index in [2.05, 4.69) is 11.4 Å². The van der Waals surface area contributed by atoms with Gasteiger partial charge in [-0.05, 0) is 36.8 Å². The van der Waals surface area contributed by atoms with Crippen LogP contribution < -0.4 is 5.32 Å². The minimum absolute atomic E-state index is 0.525. The Balaban J connectivity index is 2.34. The molecule has 0 fully saturated rings. The number of halogens is 2. The molecule has 1 N–H and O–H groups in total. The molecule has 0 aliphatic rings. The quantitative estimate of drug-likeness (QED) is 0.865. The van der Waals surface area contributed by atoms with Gasteiger partial charge in [0.25, 0.3) is 0 Å². The first kappa shape index (κ1) is 13.7. The summed E-state index contributed by atoms with van der Waals surface area (Å²) in [5.41, 5.74) is 2.66. The molecule has 0 saturated heterocycles. The van der Waals surface area contributed by atoms with Crippen molar-refractivity contribution in [3.63, 3.8) is 0 Å². The summed E-state index contributed by atoms with van der Waals surface area (Å²) in [5, 5.41) is 13.6. The van der Waals surface area contributed by atoms with Crippen molar-refractivity contribution in [1.82, 2.24) is 0 Å². The Morgan fingerprint density at radius 2 is 1.89 bits per heavy atom. The van der Waals surface area contributed by atoms with E-state index in [0.29, 0.717) is 15.6 Å². The Morgan fingerprint density at radius 1 is 1.16 bits per heavy atom. The average Bonchev–Trinajstić information content (AvgIpc) is 2.41. The first-order chi connectivity index (χ1) is 9.11. The molecule has 1 unspecified atom stereocenters. The molecular formula is C15H12Cl2N2. The summed E-state index contributed by atoms with van der Waals surface area (Å²) in [6, 6.07) is 14.6. The van der Waals surface area contributed by atoms with Crippen LogP contribution in [0.5, 0.6) is 0 Å². The lowest BCUT2D eigenvalue weighted by molar-refractivity contribution is 0.994. The SMILES string of the molecule is Cc1ccccc1NC(C#N)c1cc(Cl)ccc1Cl. The van der Waals surface area contributed by atoms with Crippen LogP contribution in [0.25, 0.3) is 0 Å². The van der Waals surface area contributed by atoms with Crippen LogP contribution in [0.1, 0.15) is 17.2 Å². The molecule has 96 valence electrons. The predicted molar refractivity (Wildman–Crippen MR) is 79.6 cm³/mol. The highest BCUT2D eigenvalue weighted by molar-refractivity contribution is 6.33. The maximum absolute atomic E-state index is 9.33. The standard InChI is InChI=1S/C15H12Cl2N2/c1-10-4-2-3-5-14(10)19-15(9-18)12-8-11(16)6-7-13(12)17/h2-8,15,19H,1H3. The molecular weight excluding hydrogens is 279 g/mol. The van der Waals surface area contributed by atoms with Gasteiger partial charge in [-0.1, -0.05) is 41.4 Å². The second-order valence-electron chi connectivity index (χ2n) is 4.19. The molecule has 0 aliphatic heterocycles. The van der Waals surface area contributed by atoms with Crippen LogP contribution >= 0.6 is 23.2 Å². The van der Waals surface area contributed by atoms with Gasteiger partial charge in [0.2, 0.25) is 0 Å². The van der Waals surface area contributed by atoms with Crippen molar-refractivity contribution in [1.29, 1.82) is 5.26 Å². The number of hydrogen-bond donors (Lipinski definition) is 1. The lowest BCUT2D eigenvalue weighted by atomic mass is 10.1. The van der Waals surface area contributed by atoms with E-state index < -0.39 is 6.04 Å². The van der Waals surface area contributed by atoms with Gasteiger partial charge in [-0.3, -0.25) is 0 Å². The first-order valence-electron chi connectivity index (χ1n) is 5.78. The Morgan fingerprint density at radius 3 is 2.58 bits per heavy atom. The summed E-state index contributed by atoms with van der Waals surface area (Å²) in [5.74, 6) is 0.